The summed E-state index contributed by atoms with van der Waals surface area (Å²) in [6, 6.07) is 17.8. The van der Waals surface area contributed by atoms with E-state index in [1.165, 1.54) is 13.8 Å². The van der Waals surface area contributed by atoms with Gasteiger partial charge in [0.1, 0.15) is 17.6 Å². The number of carboxylic acids is 2. The van der Waals surface area contributed by atoms with Crippen LogP contribution in [0.1, 0.15) is 50.7 Å². The maximum absolute atomic E-state index is 12.6. The standard InChI is InChI=1S/C27H32O8/c1-19(34-24(30)17-21-11-5-3-6-12-21)27(26(32)33,16-10-9-15-23(28)29)20(2)35-25(31)18-22-13-7-4-8-14-22/h3-8,11-14,19-20H,9-10,15-18H2,1-2H3,(H,28,29)(H,32,33). The van der Waals surface area contributed by atoms with Crippen LogP contribution < -0.4 is 0 Å². The fourth-order valence-electron chi connectivity index (χ4n) is 4.10. The zero-order chi connectivity index (χ0) is 25.8. The molecule has 8 heteroatoms. The molecule has 0 bridgehead atoms. The molecule has 8 nitrogen and oxygen atoms in total. The quantitative estimate of drug-likeness (QED) is 0.304. The number of ether oxygens (including phenoxy) is 2. The first-order chi connectivity index (χ1) is 16.6. The number of rotatable bonds is 14. The number of carboxylic acid groups (broad SMARTS) is 2. The van der Waals surface area contributed by atoms with Crippen molar-refractivity contribution in [2.75, 3.05) is 0 Å². The van der Waals surface area contributed by atoms with E-state index >= 15 is 0 Å². The van der Waals surface area contributed by atoms with Crippen LogP contribution in [0.25, 0.3) is 0 Å². The monoisotopic (exact) mass is 484 g/mol. The van der Waals surface area contributed by atoms with Gasteiger partial charge in [-0.1, -0.05) is 67.1 Å². The van der Waals surface area contributed by atoms with Gasteiger partial charge < -0.3 is 19.7 Å². The molecule has 0 radical (unpaired) electrons. The van der Waals surface area contributed by atoms with Gasteiger partial charge >= 0.3 is 23.9 Å². The Labute approximate surface area is 204 Å². The van der Waals surface area contributed by atoms with Gasteiger partial charge in [0.15, 0.2) is 0 Å². The van der Waals surface area contributed by atoms with Crippen LogP contribution in [0.15, 0.2) is 60.7 Å². The lowest BCUT2D eigenvalue weighted by atomic mass is 9.73. The van der Waals surface area contributed by atoms with Crippen molar-refractivity contribution in [2.45, 2.75) is 64.6 Å². The third-order valence-electron chi connectivity index (χ3n) is 6.08. The molecule has 2 N–H and O–H groups in total. The summed E-state index contributed by atoms with van der Waals surface area (Å²) in [4.78, 5) is 48.7. The van der Waals surface area contributed by atoms with Crippen molar-refractivity contribution in [3.63, 3.8) is 0 Å². The molecule has 188 valence electrons. The molecule has 0 saturated carbocycles. The van der Waals surface area contributed by atoms with E-state index in [0.29, 0.717) is 0 Å². The zero-order valence-electron chi connectivity index (χ0n) is 20.0. The molecule has 2 aromatic rings. The van der Waals surface area contributed by atoms with Crippen LogP contribution >= 0.6 is 0 Å². The van der Waals surface area contributed by atoms with Crippen molar-refractivity contribution < 1.29 is 38.9 Å². The van der Waals surface area contributed by atoms with Crippen LogP contribution in [-0.2, 0) is 41.5 Å². The lowest BCUT2D eigenvalue weighted by Crippen LogP contribution is -2.52. The summed E-state index contributed by atoms with van der Waals surface area (Å²) in [7, 11) is 0. The molecule has 2 aromatic carbocycles. The normalized spacial score (nSPS) is 14.2. The van der Waals surface area contributed by atoms with Crippen LogP contribution in [0.2, 0.25) is 0 Å². The smallest absolute Gasteiger partial charge is 0.317 e. The molecule has 2 atom stereocenters. The first-order valence-electron chi connectivity index (χ1n) is 11.6. The zero-order valence-corrected chi connectivity index (χ0v) is 20.0. The van der Waals surface area contributed by atoms with Gasteiger partial charge in [0, 0.05) is 6.42 Å². The highest BCUT2D eigenvalue weighted by atomic mass is 16.6. The van der Waals surface area contributed by atoms with E-state index in [1.54, 1.807) is 48.5 Å². The molecule has 0 saturated heterocycles. The first kappa shape index (κ1) is 27.6. The van der Waals surface area contributed by atoms with Crippen LogP contribution in [-0.4, -0.2) is 46.3 Å². The summed E-state index contributed by atoms with van der Waals surface area (Å²) >= 11 is 0. The van der Waals surface area contributed by atoms with Gasteiger partial charge in [-0.05, 0) is 37.8 Å². The van der Waals surface area contributed by atoms with Gasteiger partial charge in [-0.25, -0.2) is 0 Å². The largest absolute Gasteiger partial charge is 0.481 e. The number of hydrogen-bond donors (Lipinski definition) is 2. The Hall–Kier alpha value is -3.68. The fraction of sp³-hybridized carbons (Fsp3) is 0.407. The van der Waals surface area contributed by atoms with E-state index < -0.39 is 41.5 Å². The molecule has 0 aromatic heterocycles. The molecule has 0 fully saturated rings. The van der Waals surface area contributed by atoms with Crippen molar-refractivity contribution in [1.82, 2.24) is 0 Å². The Bertz CT molecular complexity index is 925. The minimum Gasteiger partial charge on any atom is -0.481 e. The Morgan fingerprint density at radius 2 is 1.17 bits per heavy atom. The minimum absolute atomic E-state index is 0.0326. The molecule has 0 aliphatic heterocycles. The van der Waals surface area contributed by atoms with E-state index in [1.807, 2.05) is 12.1 Å². The molecule has 35 heavy (non-hydrogen) atoms. The lowest BCUT2D eigenvalue weighted by Gasteiger charge is -2.39. The number of carbonyl (C=O) groups is 4. The molecule has 0 heterocycles. The maximum atomic E-state index is 12.6. The lowest BCUT2D eigenvalue weighted by molar-refractivity contribution is -0.186. The molecule has 0 aliphatic rings. The molecule has 2 rings (SSSR count). The van der Waals surface area contributed by atoms with Crippen molar-refractivity contribution in [1.29, 1.82) is 0 Å². The van der Waals surface area contributed by atoms with Gasteiger partial charge in [0.05, 0.1) is 12.8 Å². The Balaban J connectivity index is 2.20. The Morgan fingerprint density at radius 3 is 1.54 bits per heavy atom. The van der Waals surface area contributed by atoms with E-state index in [4.69, 9.17) is 14.6 Å². The average molecular weight is 485 g/mol. The molecule has 0 aliphatic carbocycles. The third-order valence-corrected chi connectivity index (χ3v) is 6.08. The topological polar surface area (TPSA) is 127 Å². The van der Waals surface area contributed by atoms with Gasteiger partial charge in [-0.2, -0.15) is 0 Å². The highest BCUT2D eigenvalue weighted by molar-refractivity contribution is 5.79. The predicted molar refractivity (Wildman–Crippen MR) is 128 cm³/mol. The van der Waals surface area contributed by atoms with Gasteiger partial charge in [0.2, 0.25) is 0 Å². The highest BCUT2D eigenvalue weighted by Gasteiger charge is 2.52. The summed E-state index contributed by atoms with van der Waals surface area (Å²) in [5, 5.41) is 19.2. The molecule has 2 unspecified atom stereocenters. The Kier molecular flexibility index (Phi) is 10.5. The summed E-state index contributed by atoms with van der Waals surface area (Å²) in [6.07, 6.45) is -2.04. The second kappa shape index (κ2) is 13.3. The highest BCUT2D eigenvalue weighted by Crippen LogP contribution is 2.38. The fourth-order valence-corrected chi connectivity index (χ4v) is 4.10. The van der Waals surface area contributed by atoms with Crippen LogP contribution in [0.4, 0.5) is 0 Å². The molecule has 0 amide bonds. The van der Waals surface area contributed by atoms with Crippen LogP contribution in [0.5, 0.6) is 0 Å². The van der Waals surface area contributed by atoms with Crippen LogP contribution in [0.3, 0.4) is 0 Å². The number of unbranched alkanes of at least 4 members (excludes halogenated alkanes) is 1. The number of esters is 2. The second-order valence-electron chi connectivity index (χ2n) is 8.54. The van der Waals surface area contributed by atoms with Crippen molar-refractivity contribution in [2.24, 2.45) is 5.41 Å². The predicted octanol–water partition coefficient (Wildman–Crippen LogP) is 4.05. The van der Waals surface area contributed by atoms with E-state index in [-0.39, 0.29) is 38.5 Å². The molecular formula is C27H32O8. The van der Waals surface area contributed by atoms with Crippen molar-refractivity contribution in [3.8, 4) is 0 Å². The van der Waals surface area contributed by atoms with Crippen molar-refractivity contribution in [3.05, 3.63) is 71.8 Å². The van der Waals surface area contributed by atoms with Gasteiger partial charge in [-0.15, -0.1) is 0 Å². The van der Waals surface area contributed by atoms with Crippen LogP contribution in [0, 0.1) is 5.41 Å². The first-order valence-corrected chi connectivity index (χ1v) is 11.6. The SMILES string of the molecule is CC(OC(=O)Cc1ccccc1)C(CCCCC(=O)O)(C(=O)O)C(C)OC(=O)Cc1ccccc1. The van der Waals surface area contributed by atoms with Gasteiger partial charge in [0.25, 0.3) is 0 Å². The van der Waals surface area contributed by atoms with E-state index in [9.17, 15) is 24.3 Å². The number of benzene rings is 2. The average Bonchev–Trinajstić information content (AvgIpc) is 2.79. The number of carbonyl (C=O) groups excluding carboxylic acids is 2. The maximum Gasteiger partial charge on any atom is 0.317 e. The number of hydrogen-bond acceptors (Lipinski definition) is 6. The summed E-state index contributed by atoms with van der Waals surface area (Å²) < 4.78 is 11.1. The minimum atomic E-state index is -1.75. The molecule has 0 spiro atoms. The summed E-state index contributed by atoms with van der Waals surface area (Å²) in [6.45, 7) is 2.94. The van der Waals surface area contributed by atoms with Gasteiger partial charge in [-0.3, -0.25) is 19.2 Å². The number of aliphatic carboxylic acids is 2. The third kappa shape index (κ3) is 8.24. The summed E-state index contributed by atoms with van der Waals surface area (Å²) in [5.74, 6) is -3.49. The second-order valence-corrected chi connectivity index (χ2v) is 8.54. The van der Waals surface area contributed by atoms with Crippen molar-refractivity contribution >= 4 is 23.9 Å². The Morgan fingerprint density at radius 1 is 0.743 bits per heavy atom. The summed E-state index contributed by atoms with van der Waals surface area (Å²) in [5.41, 5.74) is -0.319. The van der Waals surface area contributed by atoms with E-state index in [0.717, 1.165) is 11.1 Å². The molecular weight excluding hydrogens is 452 g/mol. The van der Waals surface area contributed by atoms with E-state index in [2.05, 4.69) is 0 Å².